The van der Waals surface area contributed by atoms with Crippen LogP contribution >= 0.6 is 0 Å². The van der Waals surface area contributed by atoms with Gasteiger partial charge < -0.3 is 4.74 Å². The third-order valence-corrected chi connectivity index (χ3v) is 4.18. The predicted molar refractivity (Wildman–Crippen MR) is 92.7 cm³/mol. The van der Waals surface area contributed by atoms with Crippen molar-refractivity contribution < 1.29 is 9.53 Å². The maximum Gasteiger partial charge on any atom is 0.415 e. The number of pyridine rings is 1. The van der Waals surface area contributed by atoms with Gasteiger partial charge in [-0.15, -0.1) is 0 Å². The van der Waals surface area contributed by atoms with Gasteiger partial charge in [0.05, 0.1) is 0 Å². The number of amides is 1. The lowest BCUT2D eigenvalue weighted by molar-refractivity contribution is 0.0587. The maximum atomic E-state index is 12.4. The van der Waals surface area contributed by atoms with Crippen molar-refractivity contribution in [3.05, 3.63) is 23.9 Å². The fraction of sp³-hybridized carbons (Fsp3) is 0.667. The molecule has 0 radical (unpaired) electrons. The molecule has 1 atom stereocenters. The van der Waals surface area contributed by atoms with Crippen LogP contribution in [0.2, 0.25) is 0 Å². The number of aromatic nitrogens is 1. The van der Waals surface area contributed by atoms with Crippen LogP contribution in [0.25, 0.3) is 0 Å². The Hall–Kier alpha value is -1.62. The number of piperidine rings is 1. The number of rotatable bonds is 3. The van der Waals surface area contributed by atoms with E-state index in [0.29, 0.717) is 11.9 Å². The van der Waals surface area contributed by atoms with Crippen LogP contribution in [0.3, 0.4) is 0 Å². The first-order valence-corrected chi connectivity index (χ1v) is 8.49. The minimum Gasteiger partial charge on any atom is -0.443 e. The van der Waals surface area contributed by atoms with Crippen molar-refractivity contribution >= 4 is 11.9 Å². The molecule has 128 valence electrons. The molecule has 23 heavy (non-hydrogen) atoms. The Balaban J connectivity index is 2.28. The minimum absolute atomic E-state index is 0.322. The van der Waals surface area contributed by atoms with E-state index in [0.717, 1.165) is 25.1 Å². The third-order valence-electron chi connectivity index (χ3n) is 4.18. The summed E-state index contributed by atoms with van der Waals surface area (Å²) in [5.41, 5.74) is 0.600. The van der Waals surface area contributed by atoms with Gasteiger partial charge in [0.15, 0.2) is 0 Å². The molecule has 2 heterocycles. The van der Waals surface area contributed by atoms with Gasteiger partial charge in [-0.3, -0.25) is 9.80 Å². The predicted octanol–water partition coefficient (Wildman–Crippen LogP) is 4.00. The van der Waals surface area contributed by atoms with E-state index < -0.39 is 5.60 Å². The molecule has 0 bridgehead atoms. The van der Waals surface area contributed by atoms with Crippen LogP contribution < -0.4 is 4.90 Å². The second-order valence-corrected chi connectivity index (χ2v) is 7.10. The summed E-state index contributed by atoms with van der Waals surface area (Å²) in [6, 6.07) is 4.36. The molecule has 1 fully saturated rings. The number of likely N-dealkylation sites (tertiary alicyclic amines) is 1. The largest absolute Gasteiger partial charge is 0.443 e. The maximum absolute atomic E-state index is 12.4. The van der Waals surface area contributed by atoms with E-state index in [1.165, 1.54) is 17.7 Å². The lowest BCUT2D eigenvalue weighted by Gasteiger charge is -2.36. The van der Waals surface area contributed by atoms with Gasteiger partial charge in [0.2, 0.25) is 0 Å². The number of nitrogens with zero attached hydrogens (tertiary/aromatic N) is 3. The van der Waals surface area contributed by atoms with Crippen LogP contribution in [0.4, 0.5) is 10.6 Å². The molecule has 1 aromatic heterocycles. The molecule has 1 saturated heterocycles. The lowest BCUT2D eigenvalue weighted by Crippen LogP contribution is -2.37. The fourth-order valence-corrected chi connectivity index (χ4v) is 3.09. The molecular formula is C18H29N3O2. The molecule has 5 nitrogen and oxygen atoms in total. The highest BCUT2D eigenvalue weighted by Gasteiger charge is 2.29. The van der Waals surface area contributed by atoms with Crippen LogP contribution in [0.15, 0.2) is 18.3 Å². The van der Waals surface area contributed by atoms with E-state index in [1.54, 1.807) is 13.2 Å². The second-order valence-electron chi connectivity index (χ2n) is 7.10. The zero-order chi connectivity index (χ0) is 17.0. The van der Waals surface area contributed by atoms with Crippen LogP contribution in [-0.4, -0.2) is 41.7 Å². The Morgan fingerprint density at radius 2 is 2.17 bits per heavy atom. The summed E-state index contributed by atoms with van der Waals surface area (Å²) in [5.74, 6) is 0.701. The Morgan fingerprint density at radius 1 is 1.43 bits per heavy atom. The number of ether oxygens (including phenoxy) is 1. The monoisotopic (exact) mass is 319 g/mol. The van der Waals surface area contributed by atoms with E-state index in [-0.39, 0.29) is 6.09 Å². The lowest BCUT2D eigenvalue weighted by atomic mass is 9.95. The molecule has 1 aliphatic rings. The van der Waals surface area contributed by atoms with Gasteiger partial charge in [0.25, 0.3) is 0 Å². The first-order chi connectivity index (χ1) is 10.8. The van der Waals surface area contributed by atoms with Crippen molar-refractivity contribution in [3.8, 4) is 0 Å². The van der Waals surface area contributed by atoms with Crippen LogP contribution in [-0.2, 0) is 4.74 Å². The molecule has 1 aliphatic heterocycles. The van der Waals surface area contributed by atoms with Gasteiger partial charge in [-0.25, -0.2) is 9.78 Å². The van der Waals surface area contributed by atoms with Crippen molar-refractivity contribution in [2.45, 2.75) is 58.6 Å². The number of anilines is 1. The van der Waals surface area contributed by atoms with Crippen LogP contribution in [0, 0.1) is 0 Å². The van der Waals surface area contributed by atoms with Gasteiger partial charge in [0.1, 0.15) is 11.4 Å². The van der Waals surface area contributed by atoms with Gasteiger partial charge >= 0.3 is 6.09 Å². The minimum atomic E-state index is -0.513. The first kappa shape index (κ1) is 17.7. The van der Waals surface area contributed by atoms with Crippen LogP contribution in [0.5, 0.6) is 0 Å². The number of carbonyl (C=O) groups excluding carboxylic acids is 1. The molecule has 0 unspecified atom stereocenters. The molecule has 1 aromatic rings. The van der Waals surface area contributed by atoms with E-state index in [2.05, 4.69) is 22.9 Å². The summed E-state index contributed by atoms with van der Waals surface area (Å²) in [4.78, 5) is 20.9. The van der Waals surface area contributed by atoms with E-state index >= 15 is 0 Å². The highest BCUT2D eigenvalue weighted by Crippen LogP contribution is 2.35. The molecular weight excluding hydrogens is 290 g/mol. The van der Waals surface area contributed by atoms with E-state index in [9.17, 15) is 4.79 Å². The van der Waals surface area contributed by atoms with Crippen molar-refractivity contribution in [1.82, 2.24) is 9.88 Å². The molecule has 0 aliphatic carbocycles. The topological polar surface area (TPSA) is 45.7 Å². The third kappa shape index (κ3) is 4.44. The van der Waals surface area contributed by atoms with Gasteiger partial charge in [-0.05, 0) is 52.8 Å². The summed E-state index contributed by atoms with van der Waals surface area (Å²) in [7, 11) is 1.74. The summed E-state index contributed by atoms with van der Waals surface area (Å²) >= 11 is 0. The Kier molecular flexibility index (Phi) is 5.63. The summed E-state index contributed by atoms with van der Waals surface area (Å²) < 4.78 is 5.48. The molecule has 5 heteroatoms. The zero-order valence-corrected chi connectivity index (χ0v) is 15.0. The smallest absolute Gasteiger partial charge is 0.415 e. The fourth-order valence-electron chi connectivity index (χ4n) is 3.09. The van der Waals surface area contributed by atoms with Crippen molar-refractivity contribution in [2.24, 2.45) is 0 Å². The highest BCUT2D eigenvalue weighted by atomic mass is 16.6. The quantitative estimate of drug-likeness (QED) is 0.845. The molecule has 1 amide bonds. The number of hydrogen-bond donors (Lipinski definition) is 0. The summed E-state index contributed by atoms with van der Waals surface area (Å²) in [6.07, 6.45) is 4.93. The van der Waals surface area contributed by atoms with Gasteiger partial charge in [0, 0.05) is 24.8 Å². The molecule has 0 spiro atoms. The Morgan fingerprint density at radius 3 is 2.83 bits per heavy atom. The van der Waals surface area contributed by atoms with E-state index in [4.69, 9.17) is 4.74 Å². The second kappa shape index (κ2) is 7.30. The summed E-state index contributed by atoms with van der Waals surface area (Å²) in [6.45, 7) is 9.92. The average Bonchev–Trinajstić information content (AvgIpc) is 2.52. The molecule has 0 N–H and O–H groups in total. The van der Waals surface area contributed by atoms with Gasteiger partial charge in [-0.1, -0.05) is 19.4 Å². The van der Waals surface area contributed by atoms with E-state index in [1.807, 2.05) is 26.8 Å². The standard InChI is InChI=1S/C18H29N3O2/c1-6-21-13-8-7-11-15(21)14-10-9-12-19-16(14)20(5)17(22)23-18(2,3)4/h9-10,12,15H,6-8,11,13H2,1-5H3/t15-/m1/s1. The molecule has 0 saturated carbocycles. The first-order valence-electron chi connectivity index (χ1n) is 8.49. The van der Waals surface area contributed by atoms with Gasteiger partial charge in [-0.2, -0.15) is 0 Å². The van der Waals surface area contributed by atoms with Crippen LogP contribution in [0.1, 0.15) is 58.6 Å². The average molecular weight is 319 g/mol. The Bertz CT molecular complexity index is 539. The molecule has 2 rings (SSSR count). The van der Waals surface area contributed by atoms with Crippen molar-refractivity contribution in [1.29, 1.82) is 0 Å². The SMILES string of the molecule is CCN1CCCC[C@@H]1c1cccnc1N(C)C(=O)OC(C)(C)C. The number of carbonyl (C=O) groups is 1. The van der Waals surface area contributed by atoms with Crippen molar-refractivity contribution in [3.63, 3.8) is 0 Å². The number of hydrogen-bond acceptors (Lipinski definition) is 4. The zero-order valence-electron chi connectivity index (χ0n) is 15.0. The Labute approximate surface area is 139 Å². The molecule has 0 aromatic carbocycles. The normalized spacial score (nSPS) is 19.4. The summed E-state index contributed by atoms with van der Waals surface area (Å²) in [5, 5.41) is 0. The highest BCUT2D eigenvalue weighted by molar-refractivity contribution is 5.87. The van der Waals surface area contributed by atoms with Crippen molar-refractivity contribution in [2.75, 3.05) is 25.0 Å².